The second-order valence-electron chi connectivity index (χ2n) is 3.47. The van der Waals surface area contributed by atoms with Gasteiger partial charge in [-0.1, -0.05) is 18.8 Å². The van der Waals surface area contributed by atoms with Crippen LogP contribution < -0.4 is 4.74 Å². The number of carbonyl (C=O) groups excluding carboxylic acids is 1. The number of ether oxygens (including phenoxy) is 1. The van der Waals surface area contributed by atoms with Crippen LogP contribution in [-0.2, 0) is 0 Å². The molecule has 0 fully saturated rings. The number of unbranched alkanes of at least 4 members (excludes halogenated alkanes) is 1. The van der Waals surface area contributed by atoms with Crippen LogP contribution in [0.1, 0.15) is 35.7 Å². The Morgan fingerprint density at radius 1 is 1.39 bits per heavy atom. The first-order valence-electron chi connectivity index (χ1n) is 5.30. The fraction of sp³-hybridized carbons (Fsp3) is 0.308. The highest BCUT2D eigenvalue weighted by Gasteiger charge is 2.31. The minimum atomic E-state index is -4.77. The molecule has 0 aliphatic carbocycles. The van der Waals surface area contributed by atoms with Crippen molar-refractivity contribution >= 4 is 6.29 Å². The maximum Gasteiger partial charge on any atom is 0.573 e. The highest BCUT2D eigenvalue weighted by Crippen LogP contribution is 2.24. The van der Waals surface area contributed by atoms with Gasteiger partial charge in [0.2, 0.25) is 0 Å². The van der Waals surface area contributed by atoms with Crippen molar-refractivity contribution in [2.24, 2.45) is 0 Å². The number of carbonyl (C=O) groups is 1. The fourth-order valence-corrected chi connectivity index (χ4v) is 1.23. The molecule has 1 aromatic carbocycles. The van der Waals surface area contributed by atoms with E-state index in [4.69, 9.17) is 0 Å². The van der Waals surface area contributed by atoms with Gasteiger partial charge in [-0.15, -0.1) is 13.2 Å². The Kier molecular flexibility index (Phi) is 4.78. The number of benzene rings is 1. The Morgan fingerprint density at radius 3 is 2.67 bits per heavy atom. The molecule has 5 heteroatoms. The van der Waals surface area contributed by atoms with E-state index in [2.05, 4.69) is 16.6 Å². The maximum atomic E-state index is 12.0. The van der Waals surface area contributed by atoms with Crippen molar-refractivity contribution in [3.05, 3.63) is 29.3 Å². The van der Waals surface area contributed by atoms with Crippen molar-refractivity contribution in [3.63, 3.8) is 0 Å². The monoisotopic (exact) mass is 256 g/mol. The smallest absolute Gasteiger partial charge is 0.406 e. The lowest BCUT2D eigenvalue weighted by Crippen LogP contribution is -2.17. The largest absolute Gasteiger partial charge is 0.573 e. The summed E-state index contributed by atoms with van der Waals surface area (Å²) in [5.41, 5.74) is 0.480. The van der Waals surface area contributed by atoms with Gasteiger partial charge in [0.15, 0.2) is 6.29 Å². The van der Waals surface area contributed by atoms with Crippen molar-refractivity contribution in [1.29, 1.82) is 0 Å². The molecule has 0 aliphatic heterocycles. The normalized spacial score (nSPS) is 10.4. The highest BCUT2D eigenvalue weighted by molar-refractivity contribution is 5.80. The SMILES string of the molecule is CCCC#Cc1ccc(OC(F)(F)F)cc1C=O. The molecular weight excluding hydrogens is 245 g/mol. The van der Waals surface area contributed by atoms with Crippen LogP contribution in [0.15, 0.2) is 18.2 Å². The molecule has 96 valence electrons. The number of rotatable bonds is 3. The molecule has 0 amide bonds. The van der Waals surface area contributed by atoms with Gasteiger partial charge in [-0.25, -0.2) is 0 Å². The second-order valence-corrected chi connectivity index (χ2v) is 3.47. The number of hydrogen-bond donors (Lipinski definition) is 0. The van der Waals surface area contributed by atoms with Gasteiger partial charge >= 0.3 is 6.36 Å². The van der Waals surface area contributed by atoms with E-state index in [1.807, 2.05) is 6.92 Å². The lowest BCUT2D eigenvalue weighted by molar-refractivity contribution is -0.274. The zero-order valence-electron chi connectivity index (χ0n) is 9.67. The summed E-state index contributed by atoms with van der Waals surface area (Å²) in [4.78, 5) is 10.8. The molecule has 0 heterocycles. The standard InChI is InChI=1S/C13H11F3O2/c1-2-3-4-5-10-6-7-12(8-11(10)9-17)18-13(14,15)16/h6-9H,2-3H2,1H3. The molecule has 0 spiro atoms. The van der Waals surface area contributed by atoms with Crippen LogP contribution in [0.3, 0.4) is 0 Å². The molecule has 1 aromatic rings. The van der Waals surface area contributed by atoms with Crippen LogP contribution >= 0.6 is 0 Å². The summed E-state index contributed by atoms with van der Waals surface area (Å²) in [5.74, 6) is 5.13. The number of halogens is 3. The van der Waals surface area contributed by atoms with Gasteiger partial charge in [0.25, 0.3) is 0 Å². The van der Waals surface area contributed by atoms with Crippen LogP contribution in [0, 0.1) is 11.8 Å². The third-order valence-electron chi connectivity index (χ3n) is 1.98. The van der Waals surface area contributed by atoms with Gasteiger partial charge < -0.3 is 4.74 Å². The van der Waals surface area contributed by atoms with Gasteiger partial charge in [-0.3, -0.25) is 4.79 Å². The lowest BCUT2D eigenvalue weighted by atomic mass is 10.1. The van der Waals surface area contributed by atoms with E-state index in [1.165, 1.54) is 6.07 Å². The van der Waals surface area contributed by atoms with E-state index in [0.29, 0.717) is 18.3 Å². The van der Waals surface area contributed by atoms with Crippen LogP contribution in [0.4, 0.5) is 13.2 Å². The highest BCUT2D eigenvalue weighted by atomic mass is 19.4. The van der Waals surface area contributed by atoms with E-state index in [0.717, 1.165) is 18.6 Å². The predicted octanol–water partition coefficient (Wildman–Crippen LogP) is 3.55. The minimum absolute atomic E-state index is 0.0837. The third kappa shape index (κ3) is 4.50. The Balaban J connectivity index is 2.98. The first-order chi connectivity index (χ1) is 8.46. The van der Waals surface area contributed by atoms with Crippen LogP contribution in [0.25, 0.3) is 0 Å². The van der Waals surface area contributed by atoms with Gasteiger partial charge in [0.1, 0.15) is 5.75 Å². The molecule has 0 radical (unpaired) electrons. The maximum absolute atomic E-state index is 12.0. The third-order valence-corrected chi connectivity index (χ3v) is 1.98. The molecule has 18 heavy (non-hydrogen) atoms. The summed E-state index contributed by atoms with van der Waals surface area (Å²) >= 11 is 0. The van der Waals surface area contributed by atoms with Crippen molar-refractivity contribution in [2.45, 2.75) is 26.1 Å². The molecular formula is C13H11F3O2. The van der Waals surface area contributed by atoms with E-state index < -0.39 is 12.1 Å². The molecule has 0 saturated heterocycles. The Morgan fingerprint density at radius 2 is 2.11 bits per heavy atom. The molecule has 0 saturated carbocycles. The van der Waals surface area contributed by atoms with Gasteiger partial charge in [-0.05, 0) is 24.6 Å². The molecule has 0 N–H and O–H groups in total. The zero-order chi connectivity index (χ0) is 13.6. The van der Waals surface area contributed by atoms with Crippen molar-refractivity contribution in [1.82, 2.24) is 0 Å². The molecule has 0 aliphatic rings. The molecule has 0 unspecified atom stereocenters. The van der Waals surface area contributed by atoms with E-state index in [9.17, 15) is 18.0 Å². The fourth-order valence-electron chi connectivity index (χ4n) is 1.23. The van der Waals surface area contributed by atoms with Gasteiger partial charge in [0.05, 0.1) is 0 Å². The number of alkyl halides is 3. The second kappa shape index (κ2) is 6.10. The van der Waals surface area contributed by atoms with Crippen LogP contribution in [0.2, 0.25) is 0 Å². The zero-order valence-corrected chi connectivity index (χ0v) is 9.67. The van der Waals surface area contributed by atoms with E-state index in [1.54, 1.807) is 0 Å². The first-order valence-corrected chi connectivity index (χ1v) is 5.30. The Bertz CT molecular complexity index is 481. The van der Waals surface area contributed by atoms with Gasteiger partial charge in [0, 0.05) is 17.5 Å². The molecule has 0 atom stereocenters. The van der Waals surface area contributed by atoms with Crippen molar-refractivity contribution in [3.8, 4) is 17.6 Å². The lowest BCUT2D eigenvalue weighted by Gasteiger charge is -2.09. The summed E-state index contributed by atoms with van der Waals surface area (Å²) in [6.45, 7) is 1.95. The summed E-state index contributed by atoms with van der Waals surface area (Å²) in [5, 5.41) is 0. The van der Waals surface area contributed by atoms with Gasteiger partial charge in [-0.2, -0.15) is 0 Å². The van der Waals surface area contributed by atoms with Crippen molar-refractivity contribution < 1.29 is 22.7 Å². The van der Waals surface area contributed by atoms with E-state index >= 15 is 0 Å². The Hall–Kier alpha value is -1.96. The molecule has 0 aromatic heterocycles. The summed E-state index contributed by atoms with van der Waals surface area (Å²) in [6.07, 6.45) is -2.77. The van der Waals surface area contributed by atoms with Crippen LogP contribution in [0.5, 0.6) is 5.75 Å². The quantitative estimate of drug-likeness (QED) is 0.610. The minimum Gasteiger partial charge on any atom is -0.406 e. The molecule has 2 nitrogen and oxygen atoms in total. The molecule has 0 bridgehead atoms. The molecule has 1 rings (SSSR count). The van der Waals surface area contributed by atoms with Crippen molar-refractivity contribution in [2.75, 3.05) is 0 Å². The van der Waals surface area contributed by atoms with E-state index in [-0.39, 0.29) is 5.56 Å². The van der Waals surface area contributed by atoms with Crippen LogP contribution in [-0.4, -0.2) is 12.6 Å². The first kappa shape index (κ1) is 14.1. The average Bonchev–Trinajstić information content (AvgIpc) is 2.29. The number of hydrogen-bond acceptors (Lipinski definition) is 2. The topological polar surface area (TPSA) is 26.3 Å². The Labute approximate surface area is 103 Å². The summed E-state index contributed by atoms with van der Waals surface area (Å²) in [6, 6.07) is 3.50. The summed E-state index contributed by atoms with van der Waals surface area (Å²) in [7, 11) is 0. The average molecular weight is 256 g/mol. The number of aldehydes is 1. The predicted molar refractivity (Wildman–Crippen MR) is 60.3 cm³/mol. The summed E-state index contributed by atoms with van der Waals surface area (Å²) < 4.78 is 39.7.